The maximum absolute atomic E-state index is 5.68. The highest BCUT2D eigenvalue weighted by Crippen LogP contribution is 2.38. The van der Waals surface area contributed by atoms with Crippen LogP contribution in [0.1, 0.15) is 11.3 Å². The molecule has 2 aromatic rings. The summed E-state index contributed by atoms with van der Waals surface area (Å²) in [6, 6.07) is 9.97. The van der Waals surface area contributed by atoms with Gasteiger partial charge in [-0.15, -0.1) is 0 Å². The Hall–Kier alpha value is -1.39. The highest BCUT2D eigenvalue weighted by molar-refractivity contribution is 9.10. The van der Waals surface area contributed by atoms with Crippen LogP contribution < -0.4 is 0 Å². The monoisotopic (exact) mass is 303 g/mol. The van der Waals surface area contributed by atoms with Crippen LogP contribution in [0.25, 0.3) is 0 Å². The lowest BCUT2D eigenvalue weighted by Gasteiger charge is -2.04. The van der Waals surface area contributed by atoms with Gasteiger partial charge in [-0.05, 0) is 35.9 Å². The van der Waals surface area contributed by atoms with Crippen LogP contribution in [0, 0.1) is 0 Å². The third-order valence-corrected chi connectivity index (χ3v) is 3.82. The summed E-state index contributed by atoms with van der Waals surface area (Å²) in [4.78, 5) is 4.72. The molecule has 0 spiro atoms. The zero-order valence-electron chi connectivity index (χ0n) is 9.47. The van der Waals surface area contributed by atoms with Crippen LogP contribution >= 0.6 is 15.9 Å². The Kier molecular flexibility index (Phi) is 2.22. The number of rotatable bonds is 1. The fourth-order valence-electron chi connectivity index (χ4n) is 2.40. The molecule has 1 aromatic heterocycles. The summed E-state index contributed by atoms with van der Waals surface area (Å²) in [6.07, 6.45) is 2.90. The molecule has 1 aromatic carbocycles. The maximum atomic E-state index is 5.68. The Balaban J connectivity index is 1.86. The van der Waals surface area contributed by atoms with Gasteiger partial charge in [0.05, 0.1) is 18.1 Å². The van der Waals surface area contributed by atoms with E-state index in [0.717, 1.165) is 28.1 Å². The van der Waals surface area contributed by atoms with Crippen LogP contribution in [0.2, 0.25) is 0 Å². The first-order chi connectivity index (χ1) is 8.81. The lowest BCUT2D eigenvalue weighted by atomic mass is 10.1. The molecular weight excluding hydrogens is 294 g/mol. The number of halogens is 1. The van der Waals surface area contributed by atoms with E-state index in [1.165, 1.54) is 5.56 Å². The Morgan fingerprint density at radius 1 is 1.28 bits per heavy atom. The summed E-state index contributed by atoms with van der Waals surface area (Å²) in [6.45, 7) is 0. The Labute approximate surface area is 113 Å². The van der Waals surface area contributed by atoms with Gasteiger partial charge in [-0.2, -0.15) is 0 Å². The van der Waals surface area contributed by atoms with E-state index in [2.05, 4.69) is 22.0 Å². The fourth-order valence-corrected chi connectivity index (χ4v) is 2.80. The Morgan fingerprint density at radius 3 is 3.06 bits per heavy atom. The lowest BCUT2D eigenvalue weighted by molar-refractivity contribution is 0.391. The second-order valence-corrected chi connectivity index (χ2v) is 5.46. The number of epoxide rings is 1. The van der Waals surface area contributed by atoms with Crippen molar-refractivity contribution < 1.29 is 9.15 Å². The molecule has 4 rings (SSSR count). The highest BCUT2D eigenvalue weighted by atomic mass is 79.9. The van der Waals surface area contributed by atoms with E-state index in [4.69, 9.17) is 14.1 Å². The fraction of sp³-hybridized carbons (Fsp3) is 0.214. The predicted molar refractivity (Wildman–Crippen MR) is 71.4 cm³/mol. The first-order valence-electron chi connectivity index (χ1n) is 5.87. The van der Waals surface area contributed by atoms with E-state index in [9.17, 15) is 0 Å². The van der Waals surface area contributed by atoms with Gasteiger partial charge in [0.15, 0.2) is 5.76 Å². The molecular formula is C14H10BrNO2. The average Bonchev–Trinajstić information content (AvgIpc) is 2.91. The van der Waals surface area contributed by atoms with Crippen LogP contribution in [0.4, 0.5) is 5.69 Å². The molecule has 0 amide bonds. The lowest BCUT2D eigenvalue weighted by Crippen LogP contribution is -2.10. The van der Waals surface area contributed by atoms with E-state index in [-0.39, 0.29) is 12.2 Å². The van der Waals surface area contributed by atoms with E-state index < -0.39 is 0 Å². The molecule has 1 saturated heterocycles. The number of ether oxygens (including phenoxy) is 1. The normalized spacial score (nSPS) is 24.8. The van der Waals surface area contributed by atoms with Gasteiger partial charge in [0, 0.05) is 10.9 Å². The molecule has 3 heterocycles. The third-order valence-electron chi connectivity index (χ3n) is 3.33. The second-order valence-electron chi connectivity index (χ2n) is 4.55. The summed E-state index contributed by atoms with van der Waals surface area (Å²) in [5.41, 5.74) is 3.14. The van der Waals surface area contributed by atoms with Crippen molar-refractivity contribution in [3.8, 4) is 0 Å². The van der Waals surface area contributed by atoms with Crippen molar-refractivity contribution in [3.63, 3.8) is 0 Å². The molecule has 2 aliphatic heterocycles. The Bertz CT molecular complexity index is 633. The minimum Gasteiger partial charge on any atom is -0.463 e. The SMILES string of the molecule is Brc1ccc2c(c1)CC1OC1C(c1ccco1)=N2. The van der Waals surface area contributed by atoms with Crippen molar-refractivity contribution in [1.29, 1.82) is 0 Å². The van der Waals surface area contributed by atoms with Gasteiger partial charge in [0.25, 0.3) is 0 Å². The van der Waals surface area contributed by atoms with Crippen molar-refractivity contribution in [1.82, 2.24) is 0 Å². The van der Waals surface area contributed by atoms with Crippen molar-refractivity contribution in [2.75, 3.05) is 0 Å². The van der Waals surface area contributed by atoms with Gasteiger partial charge in [-0.3, -0.25) is 0 Å². The number of nitrogens with zero attached hydrogens (tertiary/aromatic N) is 1. The molecule has 0 radical (unpaired) electrons. The van der Waals surface area contributed by atoms with E-state index in [1.54, 1.807) is 6.26 Å². The van der Waals surface area contributed by atoms with Crippen molar-refractivity contribution >= 4 is 27.3 Å². The zero-order valence-corrected chi connectivity index (χ0v) is 11.1. The minimum absolute atomic E-state index is 0.0855. The largest absolute Gasteiger partial charge is 0.463 e. The first-order valence-corrected chi connectivity index (χ1v) is 6.67. The molecule has 2 unspecified atom stereocenters. The van der Waals surface area contributed by atoms with Crippen LogP contribution in [-0.4, -0.2) is 17.9 Å². The minimum atomic E-state index is 0.0855. The van der Waals surface area contributed by atoms with Crippen molar-refractivity contribution in [3.05, 3.63) is 52.4 Å². The number of fused-ring (bicyclic) bond motifs is 2. The molecule has 2 aliphatic rings. The standard InChI is InChI=1S/C14H10BrNO2/c15-9-3-4-10-8(6-9)7-12-14(18-12)13(16-10)11-2-1-5-17-11/h1-6,12,14H,7H2. The molecule has 90 valence electrons. The molecule has 4 heteroatoms. The zero-order chi connectivity index (χ0) is 12.1. The molecule has 0 aliphatic carbocycles. The summed E-state index contributed by atoms with van der Waals surface area (Å²) in [7, 11) is 0. The molecule has 3 nitrogen and oxygen atoms in total. The van der Waals surface area contributed by atoms with Crippen molar-refractivity contribution in [2.45, 2.75) is 18.6 Å². The van der Waals surface area contributed by atoms with E-state index >= 15 is 0 Å². The smallest absolute Gasteiger partial charge is 0.150 e. The molecule has 0 saturated carbocycles. The molecule has 1 fully saturated rings. The molecule has 2 atom stereocenters. The maximum Gasteiger partial charge on any atom is 0.150 e. The summed E-state index contributed by atoms with van der Waals surface area (Å²) in [5.74, 6) is 0.804. The van der Waals surface area contributed by atoms with Crippen LogP contribution in [0.15, 0.2) is 50.5 Å². The van der Waals surface area contributed by atoms with Gasteiger partial charge < -0.3 is 9.15 Å². The quantitative estimate of drug-likeness (QED) is 0.756. The van der Waals surface area contributed by atoms with Gasteiger partial charge in [0.1, 0.15) is 11.8 Å². The molecule has 18 heavy (non-hydrogen) atoms. The summed E-state index contributed by atoms with van der Waals surface area (Å²) in [5, 5.41) is 0. The highest BCUT2D eigenvalue weighted by Gasteiger charge is 2.46. The number of hydrogen-bond donors (Lipinski definition) is 0. The average molecular weight is 304 g/mol. The van der Waals surface area contributed by atoms with Gasteiger partial charge in [0.2, 0.25) is 0 Å². The first kappa shape index (κ1) is 10.5. The molecule has 0 bridgehead atoms. The Morgan fingerprint density at radius 2 is 2.22 bits per heavy atom. The number of hydrogen-bond acceptors (Lipinski definition) is 3. The van der Waals surface area contributed by atoms with Gasteiger partial charge in [-0.25, -0.2) is 4.99 Å². The van der Waals surface area contributed by atoms with Crippen molar-refractivity contribution in [2.24, 2.45) is 4.99 Å². The molecule has 0 N–H and O–H groups in total. The van der Waals surface area contributed by atoms with Gasteiger partial charge in [-0.1, -0.05) is 15.9 Å². The van der Waals surface area contributed by atoms with Gasteiger partial charge >= 0.3 is 0 Å². The van der Waals surface area contributed by atoms with E-state index in [0.29, 0.717) is 0 Å². The summed E-state index contributed by atoms with van der Waals surface area (Å²) >= 11 is 3.50. The predicted octanol–water partition coefficient (Wildman–Crippen LogP) is 3.49. The van der Waals surface area contributed by atoms with Crippen LogP contribution in [0.3, 0.4) is 0 Å². The summed E-state index contributed by atoms with van der Waals surface area (Å²) < 4.78 is 12.2. The topological polar surface area (TPSA) is 38.0 Å². The van der Waals surface area contributed by atoms with Crippen LogP contribution in [0.5, 0.6) is 0 Å². The van der Waals surface area contributed by atoms with Crippen LogP contribution in [-0.2, 0) is 11.2 Å². The number of benzene rings is 1. The van der Waals surface area contributed by atoms with E-state index in [1.807, 2.05) is 24.3 Å². The number of aliphatic imine (C=N–C) groups is 1. The second kappa shape index (κ2) is 3.80. The third kappa shape index (κ3) is 1.64. The number of furan rings is 1.